The molecule has 2 saturated carbocycles. The molecular formula is C30H50. The van der Waals surface area contributed by atoms with Crippen LogP contribution in [0.4, 0.5) is 0 Å². The van der Waals surface area contributed by atoms with E-state index in [-0.39, 0.29) is 0 Å². The Balaban J connectivity index is 1.44. The molecule has 2 aliphatic rings. The first kappa shape index (κ1) is 23.9. The van der Waals surface area contributed by atoms with E-state index >= 15 is 0 Å². The van der Waals surface area contributed by atoms with Gasteiger partial charge in [0.05, 0.1) is 0 Å². The maximum atomic E-state index is 2.48. The topological polar surface area (TPSA) is 0 Å². The predicted octanol–water partition coefficient (Wildman–Crippen LogP) is 9.38. The van der Waals surface area contributed by atoms with Gasteiger partial charge in [-0.05, 0) is 85.5 Å². The lowest BCUT2D eigenvalue weighted by Crippen LogP contribution is -2.15. The summed E-state index contributed by atoms with van der Waals surface area (Å²) in [5.74, 6) is 4.05. The van der Waals surface area contributed by atoms with Crippen molar-refractivity contribution < 1.29 is 0 Å². The highest BCUT2D eigenvalue weighted by Gasteiger charge is 2.22. The van der Waals surface area contributed by atoms with Crippen LogP contribution in [0.25, 0.3) is 0 Å². The van der Waals surface area contributed by atoms with Crippen LogP contribution in [-0.4, -0.2) is 0 Å². The van der Waals surface area contributed by atoms with E-state index in [1.54, 1.807) is 22.3 Å². The summed E-state index contributed by atoms with van der Waals surface area (Å²) in [5, 5.41) is 0. The summed E-state index contributed by atoms with van der Waals surface area (Å²) >= 11 is 0. The summed E-state index contributed by atoms with van der Waals surface area (Å²) in [4.78, 5) is 0. The molecule has 3 rings (SSSR count). The first-order valence-corrected chi connectivity index (χ1v) is 13.7. The molecule has 0 heterocycles. The lowest BCUT2D eigenvalue weighted by atomic mass is 9.77. The minimum Gasteiger partial charge on any atom is -0.0654 e. The Labute approximate surface area is 188 Å². The Bertz CT molecular complexity index is 556. The zero-order valence-electron chi connectivity index (χ0n) is 20.8. The van der Waals surface area contributed by atoms with Gasteiger partial charge in [-0.2, -0.15) is 0 Å². The molecule has 0 radical (unpaired) electrons. The summed E-state index contributed by atoms with van der Waals surface area (Å²) in [6, 6.07) is 4.97. The van der Waals surface area contributed by atoms with Gasteiger partial charge in [-0.1, -0.05) is 103 Å². The summed E-state index contributed by atoms with van der Waals surface area (Å²) in [6.07, 6.45) is 23.1. The second-order valence-corrected chi connectivity index (χ2v) is 11.1. The van der Waals surface area contributed by atoms with Crippen molar-refractivity contribution in [3.05, 3.63) is 34.4 Å². The van der Waals surface area contributed by atoms with Crippen LogP contribution in [-0.2, 0) is 12.8 Å². The number of hydrogen-bond donors (Lipinski definition) is 0. The van der Waals surface area contributed by atoms with Gasteiger partial charge in [0.25, 0.3) is 0 Å². The molecule has 0 amide bonds. The number of hydrogen-bond acceptors (Lipinski definition) is 0. The van der Waals surface area contributed by atoms with E-state index in [4.69, 9.17) is 0 Å². The fourth-order valence-corrected chi connectivity index (χ4v) is 6.63. The predicted molar refractivity (Wildman–Crippen MR) is 133 cm³/mol. The highest BCUT2D eigenvalue weighted by atomic mass is 14.3. The quantitative estimate of drug-likeness (QED) is 0.360. The van der Waals surface area contributed by atoms with Crippen molar-refractivity contribution in [2.24, 2.45) is 23.7 Å². The Kier molecular flexibility index (Phi) is 9.79. The van der Waals surface area contributed by atoms with E-state index < -0.39 is 0 Å². The van der Waals surface area contributed by atoms with Crippen LogP contribution < -0.4 is 0 Å². The van der Waals surface area contributed by atoms with Crippen molar-refractivity contribution in [1.29, 1.82) is 0 Å². The van der Waals surface area contributed by atoms with Gasteiger partial charge in [0.1, 0.15) is 0 Å². The molecule has 1 aromatic rings. The SMILES string of the molecule is CCC[C@H]1CC[C@H](CCc2ccc(CC[C@H]3CC[C@H](CCC)CC3)c(C)c2C)CC1. The van der Waals surface area contributed by atoms with Crippen LogP contribution in [0.2, 0.25) is 0 Å². The molecule has 1 aromatic carbocycles. The van der Waals surface area contributed by atoms with Gasteiger partial charge in [-0.3, -0.25) is 0 Å². The van der Waals surface area contributed by atoms with Crippen molar-refractivity contribution >= 4 is 0 Å². The molecule has 2 fully saturated rings. The third-order valence-electron chi connectivity index (χ3n) is 8.98. The van der Waals surface area contributed by atoms with Crippen LogP contribution in [0.5, 0.6) is 0 Å². The van der Waals surface area contributed by atoms with Gasteiger partial charge in [-0.15, -0.1) is 0 Å². The fourth-order valence-electron chi connectivity index (χ4n) is 6.63. The van der Waals surface area contributed by atoms with Gasteiger partial charge in [0.15, 0.2) is 0 Å². The van der Waals surface area contributed by atoms with Crippen LogP contribution in [0.3, 0.4) is 0 Å². The molecule has 0 atom stereocenters. The zero-order chi connectivity index (χ0) is 21.3. The zero-order valence-corrected chi connectivity index (χ0v) is 20.8. The minimum atomic E-state index is 0.986. The highest BCUT2D eigenvalue weighted by Crippen LogP contribution is 2.36. The monoisotopic (exact) mass is 410 g/mol. The molecule has 0 nitrogen and oxygen atoms in total. The van der Waals surface area contributed by atoms with E-state index in [1.807, 2.05) is 0 Å². The standard InChI is InChI=1S/C30H50/c1-5-7-25-9-13-27(14-10-25)17-19-29-21-22-30(24(4)23(29)3)20-18-28-15-11-26(8-6-2)12-16-28/h21-22,25-28H,5-20H2,1-4H3/t25-,26-,27-,28-. The number of aryl methyl sites for hydroxylation is 2. The molecule has 0 saturated heterocycles. The Morgan fingerprint density at radius 2 is 0.833 bits per heavy atom. The van der Waals surface area contributed by atoms with Crippen molar-refractivity contribution in [2.75, 3.05) is 0 Å². The second kappa shape index (κ2) is 12.3. The van der Waals surface area contributed by atoms with Gasteiger partial charge in [0, 0.05) is 0 Å². The van der Waals surface area contributed by atoms with Crippen LogP contribution >= 0.6 is 0 Å². The molecule has 0 N–H and O–H groups in total. The van der Waals surface area contributed by atoms with Gasteiger partial charge >= 0.3 is 0 Å². The molecule has 0 heteroatoms. The normalized spacial score (nSPS) is 27.3. The third kappa shape index (κ3) is 6.86. The minimum absolute atomic E-state index is 0.986. The molecule has 0 spiro atoms. The fraction of sp³-hybridized carbons (Fsp3) is 0.800. The van der Waals surface area contributed by atoms with E-state index in [0.29, 0.717) is 0 Å². The molecule has 0 unspecified atom stereocenters. The maximum absolute atomic E-state index is 2.48. The third-order valence-corrected chi connectivity index (χ3v) is 8.98. The Hall–Kier alpha value is -0.780. The van der Waals surface area contributed by atoms with E-state index in [0.717, 1.165) is 23.7 Å². The average molecular weight is 411 g/mol. The smallest absolute Gasteiger partial charge is 0.0274 e. The lowest BCUT2D eigenvalue weighted by Gasteiger charge is -2.29. The largest absolute Gasteiger partial charge is 0.0654 e. The first-order valence-electron chi connectivity index (χ1n) is 13.7. The first-order chi connectivity index (χ1) is 14.6. The van der Waals surface area contributed by atoms with E-state index in [2.05, 4.69) is 39.8 Å². The number of benzene rings is 1. The molecule has 170 valence electrons. The molecule has 0 bridgehead atoms. The van der Waals surface area contributed by atoms with Crippen molar-refractivity contribution in [3.8, 4) is 0 Å². The van der Waals surface area contributed by atoms with Gasteiger partial charge < -0.3 is 0 Å². The summed E-state index contributed by atoms with van der Waals surface area (Å²) in [7, 11) is 0. The summed E-state index contributed by atoms with van der Waals surface area (Å²) < 4.78 is 0. The lowest BCUT2D eigenvalue weighted by molar-refractivity contribution is 0.252. The molecule has 0 aliphatic heterocycles. The number of rotatable bonds is 10. The van der Waals surface area contributed by atoms with E-state index in [1.165, 1.54) is 103 Å². The average Bonchev–Trinajstić information content (AvgIpc) is 2.76. The molecular weight excluding hydrogens is 360 g/mol. The van der Waals surface area contributed by atoms with Crippen molar-refractivity contribution in [1.82, 2.24) is 0 Å². The van der Waals surface area contributed by atoms with Crippen LogP contribution in [0, 0.1) is 37.5 Å². The Morgan fingerprint density at radius 1 is 0.533 bits per heavy atom. The van der Waals surface area contributed by atoms with E-state index in [9.17, 15) is 0 Å². The van der Waals surface area contributed by atoms with Gasteiger partial charge in [0.2, 0.25) is 0 Å². The van der Waals surface area contributed by atoms with Crippen LogP contribution in [0.1, 0.15) is 126 Å². The van der Waals surface area contributed by atoms with Crippen molar-refractivity contribution in [2.45, 2.75) is 130 Å². The highest BCUT2D eigenvalue weighted by molar-refractivity contribution is 5.39. The van der Waals surface area contributed by atoms with Gasteiger partial charge in [-0.25, -0.2) is 0 Å². The summed E-state index contributed by atoms with van der Waals surface area (Å²) in [5.41, 5.74) is 6.46. The summed E-state index contributed by atoms with van der Waals surface area (Å²) in [6.45, 7) is 9.47. The molecule has 30 heavy (non-hydrogen) atoms. The van der Waals surface area contributed by atoms with Crippen LogP contribution in [0.15, 0.2) is 12.1 Å². The second-order valence-electron chi connectivity index (χ2n) is 11.1. The van der Waals surface area contributed by atoms with Crippen molar-refractivity contribution in [3.63, 3.8) is 0 Å². The molecule has 0 aromatic heterocycles. The maximum Gasteiger partial charge on any atom is -0.0274 e. The molecule has 2 aliphatic carbocycles. The Morgan fingerprint density at radius 3 is 1.13 bits per heavy atom.